The summed E-state index contributed by atoms with van der Waals surface area (Å²) in [7, 11) is 3.91. The highest BCUT2D eigenvalue weighted by Gasteiger charge is 2.42. The standard InChI is InChI=1S/C10H16ClN3/c1-7-8(9(11)14(3)13-7)6-10(12-2)4-5-10/h12H,4-6H2,1-3H3. The van der Waals surface area contributed by atoms with E-state index in [2.05, 4.69) is 10.4 Å². The third-order valence-corrected chi connectivity index (χ3v) is 3.64. The average Bonchev–Trinajstić information content (AvgIpc) is 2.88. The second-order valence-electron chi connectivity index (χ2n) is 4.19. The first kappa shape index (κ1) is 9.99. The maximum atomic E-state index is 6.18. The molecule has 0 aromatic carbocycles. The molecule has 2 rings (SSSR count). The number of nitrogens with zero attached hydrogens (tertiary/aromatic N) is 2. The van der Waals surface area contributed by atoms with E-state index in [0.29, 0.717) is 5.54 Å². The van der Waals surface area contributed by atoms with Gasteiger partial charge in [-0.05, 0) is 33.2 Å². The lowest BCUT2D eigenvalue weighted by Crippen LogP contribution is -2.29. The Labute approximate surface area is 89.4 Å². The molecule has 0 saturated heterocycles. The van der Waals surface area contributed by atoms with Crippen molar-refractivity contribution in [2.45, 2.75) is 31.7 Å². The summed E-state index contributed by atoms with van der Waals surface area (Å²) in [4.78, 5) is 0. The van der Waals surface area contributed by atoms with Gasteiger partial charge >= 0.3 is 0 Å². The average molecular weight is 214 g/mol. The zero-order chi connectivity index (χ0) is 10.3. The van der Waals surface area contributed by atoms with E-state index in [1.54, 1.807) is 4.68 Å². The van der Waals surface area contributed by atoms with Gasteiger partial charge in [0.15, 0.2) is 0 Å². The monoisotopic (exact) mass is 213 g/mol. The SMILES string of the molecule is CNC1(Cc2c(C)nn(C)c2Cl)CC1. The Hall–Kier alpha value is -0.540. The van der Waals surface area contributed by atoms with Gasteiger partial charge in [0.1, 0.15) is 5.15 Å². The van der Waals surface area contributed by atoms with Gasteiger partial charge in [-0.3, -0.25) is 4.68 Å². The van der Waals surface area contributed by atoms with Gasteiger partial charge in [0.05, 0.1) is 5.69 Å². The van der Waals surface area contributed by atoms with Crippen LogP contribution in [0.3, 0.4) is 0 Å². The fraction of sp³-hybridized carbons (Fsp3) is 0.700. The molecule has 1 aromatic rings. The molecule has 14 heavy (non-hydrogen) atoms. The van der Waals surface area contributed by atoms with Crippen molar-refractivity contribution in [2.24, 2.45) is 7.05 Å². The molecule has 1 aromatic heterocycles. The summed E-state index contributed by atoms with van der Waals surface area (Å²) in [6.45, 7) is 2.02. The largest absolute Gasteiger partial charge is 0.314 e. The zero-order valence-corrected chi connectivity index (χ0v) is 9.65. The maximum absolute atomic E-state index is 6.18. The number of aryl methyl sites for hydroxylation is 2. The number of halogens is 1. The Morgan fingerprint density at radius 2 is 2.21 bits per heavy atom. The lowest BCUT2D eigenvalue weighted by Gasteiger charge is -2.13. The van der Waals surface area contributed by atoms with E-state index >= 15 is 0 Å². The van der Waals surface area contributed by atoms with E-state index in [1.165, 1.54) is 18.4 Å². The first-order valence-electron chi connectivity index (χ1n) is 4.95. The Morgan fingerprint density at radius 1 is 1.57 bits per heavy atom. The first-order valence-corrected chi connectivity index (χ1v) is 5.33. The molecule has 1 N–H and O–H groups in total. The normalized spacial score (nSPS) is 18.6. The van der Waals surface area contributed by atoms with Crippen molar-refractivity contribution in [1.82, 2.24) is 15.1 Å². The van der Waals surface area contributed by atoms with Gasteiger partial charge in [-0.15, -0.1) is 0 Å². The van der Waals surface area contributed by atoms with Crippen molar-refractivity contribution in [3.8, 4) is 0 Å². The lowest BCUT2D eigenvalue weighted by molar-refractivity contribution is 0.547. The second-order valence-corrected chi connectivity index (χ2v) is 4.54. The number of hydrogen-bond donors (Lipinski definition) is 1. The first-order chi connectivity index (χ1) is 6.58. The van der Waals surface area contributed by atoms with Crippen molar-refractivity contribution < 1.29 is 0 Å². The van der Waals surface area contributed by atoms with Crippen LogP contribution < -0.4 is 5.32 Å². The smallest absolute Gasteiger partial charge is 0.130 e. The summed E-state index contributed by atoms with van der Waals surface area (Å²) >= 11 is 6.18. The molecule has 0 unspecified atom stereocenters. The highest BCUT2D eigenvalue weighted by molar-refractivity contribution is 6.30. The molecular formula is C10H16ClN3. The Kier molecular flexibility index (Phi) is 2.32. The van der Waals surface area contributed by atoms with Crippen molar-refractivity contribution >= 4 is 11.6 Å². The summed E-state index contributed by atoms with van der Waals surface area (Å²) in [6.07, 6.45) is 3.49. The maximum Gasteiger partial charge on any atom is 0.130 e. The lowest BCUT2D eigenvalue weighted by atomic mass is 10.1. The molecule has 0 bridgehead atoms. The molecule has 1 aliphatic carbocycles. The molecule has 1 fully saturated rings. The molecule has 0 spiro atoms. The van der Waals surface area contributed by atoms with Crippen LogP contribution in [0.15, 0.2) is 0 Å². The summed E-state index contributed by atoms with van der Waals surface area (Å²) in [6, 6.07) is 0. The predicted octanol–water partition coefficient (Wildman–Crippen LogP) is 1.68. The molecule has 4 heteroatoms. The van der Waals surface area contributed by atoms with Gasteiger partial charge in [-0.1, -0.05) is 11.6 Å². The fourth-order valence-electron chi connectivity index (χ4n) is 1.88. The Morgan fingerprint density at radius 3 is 2.57 bits per heavy atom. The van der Waals surface area contributed by atoms with E-state index in [0.717, 1.165) is 17.3 Å². The molecule has 78 valence electrons. The molecule has 1 aliphatic rings. The second kappa shape index (κ2) is 3.24. The van der Waals surface area contributed by atoms with Crippen LogP contribution >= 0.6 is 11.6 Å². The van der Waals surface area contributed by atoms with Gasteiger partial charge in [0.2, 0.25) is 0 Å². The van der Waals surface area contributed by atoms with E-state index in [4.69, 9.17) is 11.6 Å². The predicted molar refractivity (Wildman–Crippen MR) is 57.7 cm³/mol. The minimum absolute atomic E-state index is 0.303. The molecule has 0 radical (unpaired) electrons. The van der Waals surface area contributed by atoms with Gasteiger partial charge in [0, 0.05) is 18.2 Å². The molecule has 1 saturated carbocycles. The summed E-state index contributed by atoms with van der Waals surface area (Å²) in [5, 5.41) is 8.46. The summed E-state index contributed by atoms with van der Waals surface area (Å²) in [5.41, 5.74) is 2.55. The summed E-state index contributed by atoms with van der Waals surface area (Å²) < 4.78 is 1.75. The van der Waals surface area contributed by atoms with Crippen LogP contribution in [0.25, 0.3) is 0 Å². The molecule has 3 nitrogen and oxygen atoms in total. The quantitative estimate of drug-likeness (QED) is 0.828. The van der Waals surface area contributed by atoms with Crippen LogP contribution in [0.2, 0.25) is 5.15 Å². The molecular weight excluding hydrogens is 198 g/mol. The number of aromatic nitrogens is 2. The topological polar surface area (TPSA) is 29.9 Å². The Balaban J connectivity index is 2.24. The van der Waals surface area contributed by atoms with Crippen molar-refractivity contribution in [2.75, 3.05) is 7.05 Å². The zero-order valence-electron chi connectivity index (χ0n) is 8.89. The number of nitrogens with one attached hydrogen (secondary N) is 1. The van der Waals surface area contributed by atoms with Gasteiger partial charge in [-0.25, -0.2) is 0 Å². The molecule has 0 aliphatic heterocycles. The van der Waals surface area contributed by atoms with Crippen LogP contribution in [0.4, 0.5) is 0 Å². The number of hydrogen-bond acceptors (Lipinski definition) is 2. The Bertz CT molecular complexity index is 352. The van der Waals surface area contributed by atoms with Crippen molar-refractivity contribution in [3.63, 3.8) is 0 Å². The molecule has 1 heterocycles. The fourth-order valence-corrected chi connectivity index (χ4v) is 2.12. The van der Waals surface area contributed by atoms with Crippen LogP contribution in [-0.2, 0) is 13.5 Å². The summed E-state index contributed by atoms with van der Waals surface area (Å²) in [5.74, 6) is 0. The highest BCUT2D eigenvalue weighted by atomic mass is 35.5. The van der Waals surface area contributed by atoms with E-state index in [1.807, 2.05) is 21.0 Å². The van der Waals surface area contributed by atoms with E-state index < -0.39 is 0 Å². The van der Waals surface area contributed by atoms with Gasteiger partial charge in [0.25, 0.3) is 0 Å². The van der Waals surface area contributed by atoms with Crippen LogP contribution in [-0.4, -0.2) is 22.4 Å². The minimum Gasteiger partial charge on any atom is -0.314 e. The molecule has 0 amide bonds. The van der Waals surface area contributed by atoms with E-state index in [-0.39, 0.29) is 0 Å². The van der Waals surface area contributed by atoms with Gasteiger partial charge in [-0.2, -0.15) is 5.10 Å². The minimum atomic E-state index is 0.303. The van der Waals surface area contributed by atoms with E-state index in [9.17, 15) is 0 Å². The van der Waals surface area contributed by atoms with Gasteiger partial charge < -0.3 is 5.32 Å². The highest BCUT2D eigenvalue weighted by Crippen LogP contribution is 2.40. The van der Waals surface area contributed by atoms with Crippen molar-refractivity contribution in [3.05, 3.63) is 16.4 Å². The number of rotatable bonds is 3. The van der Waals surface area contributed by atoms with Crippen molar-refractivity contribution in [1.29, 1.82) is 0 Å². The third kappa shape index (κ3) is 1.55. The third-order valence-electron chi connectivity index (χ3n) is 3.17. The van der Waals surface area contributed by atoms with Crippen LogP contribution in [0.1, 0.15) is 24.1 Å². The van der Waals surface area contributed by atoms with Crippen LogP contribution in [0, 0.1) is 6.92 Å². The molecule has 0 atom stereocenters. The number of likely N-dealkylation sites (N-methyl/N-ethyl adjacent to an activating group) is 1. The van der Waals surface area contributed by atoms with Crippen LogP contribution in [0.5, 0.6) is 0 Å².